The molecule has 2 unspecified atom stereocenters. The van der Waals surface area contributed by atoms with Crippen LogP contribution in [0, 0.1) is 11.3 Å². The Hall–Kier alpha value is -2.08. The van der Waals surface area contributed by atoms with Crippen molar-refractivity contribution in [1.29, 1.82) is 0 Å². The molecule has 2 saturated heterocycles. The minimum Gasteiger partial charge on any atom is -0.348 e. The number of carbonyl (C=O) groups is 2. The summed E-state index contributed by atoms with van der Waals surface area (Å²) in [6.07, 6.45) is 0. The Morgan fingerprint density at radius 1 is 1.19 bits per heavy atom. The molecule has 2 aliphatic heterocycles. The van der Waals surface area contributed by atoms with Crippen LogP contribution in [0.1, 0.15) is 19.4 Å². The predicted molar refractivity (Wildman–Crippen MR) is 102 cm³/mol. The van der Waals surface area contributed by atoms with Crippen molar-refractivity contribution in [1.82, 2.24) is 20.0 Å². The molecule has 2 heterocycles. The van der Waals surface area contributed by atoms with E-state index in [0.717, 1.165) is 13.1 Å². The minimum absolute atomic E-state index is 0.0602. The smallest absolute Gasteiger partial charge is 0.317 e. The standard InChI is InChI=1S/C20H30N4O2/c1-15(2)21-19(26)24-12-17-11-23(10-16-8-6-5-7-9-16)13-20(17,14-24)18(25)22(3)4/h5-9,15,17H,10-14H2,1-4H3,(H,21,26). The molecule has 2 atom stereocenters. The highest BCUT2D eigenvalue weighted by molar-refractivity contribution is 5.86. The molecule has 0 radical (unpaired) electrons. The maximum atomic E-state index is 13.1. The molecule has 1 aromatic rings. The molecule has 2 fully saturated rings. The molecule has 3 rings (SSSR count). The lowest BCUT2D eigenvalue weighted by molar-refractivity contribution is -0.139. The van der Waals surface area contributed by atoms with E-state index >= 15 is 0 Å². The molecule has 1 aromatic carbocycles. The van der Waals surface area contributed by atoms with Crippen LogP contribution in [0.25, 0.3) is 0 Å². The first-order valence-electron chi connectivity index (χ1n) is 9.35. The van der Waals surface area contributed by atoms with E-state index < -0.39 is 5.41 Å². The summed E-state index contributed by atoms with van der Waals surface area (Å²) < 4.78 is 0. The normalized spacial score (nSPS) is 25.4. The number of amides is 3. The zero-order valence-corrected chi connectivity index (χ0v) is 16.2. The highest BCUT2D eigenvalue weighted by Crippen LogP contribution is 2.44. The molecule has 142 valence electrons. The molecule has 6 heteroatoms. The van der Waals surface area contributed by atoms with Gasteiger partial charge in [0.15, 0.2) is 0 Å². The van der Waals surface area contributed by atoms with Gasteiger partial charge < -0.3 is 15.1 Å². The van der Waals surface area contributed by atoms with Crippen molar-refractivity contribution >= 4 is 11.9 Å². The van der Waals surface area contributed by atoms with Gasteiger partial charge in [0.1, 0.15) is 0 Å². The SMILES string of the molecule is CC(C)NC(=O)N1CC2CN(Cc3ccccc3)CC2(C(=O)N(C)C)C1. The first kappa shape index (κ1) is 18.7. The Bertz CT molecular complexity index is 661. The fraction of sp³-hybridized carbons (Fsp3) is 0.600. The number of rotatable bonds is 4. The van der Waals surface area contributed by atoms with Gasteiger partial charge in [0, 0.05) is 58.8 Å². The Labute approximate surface area is 156 Å². The van der Waals surface area contributed by atoms with Crippen LogP contribution in [0.5, 0.6) is 0 Å². The quantitative estimate of drug-likeness (QED) is 0.890. The van der Waals surface area contributed by atoms with Gasteiger partial charge in [-0.15, -0.1) is 0 Å². The zero-order chi connectivity index (χ0) is 18.9. The van der Waals surface area contributed by atoms with E-state index in [1.807, 2.05) is 51.0 Å². The largest absolute Gasteiger partial charge is 0.348 e. The van der Waals surface area contributed by atoms with Gasteiger partial charge in [0.05, 0.1) is 5.41 Å². The first-order valence-corrected chi connectivity index (χ1v) is 9.35. The number of nitrogens with one attached hydrogen (secondary N) is 1. The average Bonchev–Trinajstić information content (AvgIpc) is 3.09. The molecule has 0 bridgehead atoms. The third-order valence-electron chi connectivity index (χ3n) is 5.46. The van der Waals surface area contributed by atoms with Crippen molar-refractivity contribution < 1.29 is 9.59 Å². The Morgan fingerprint density at radius 3 is 2.50 bits per heavy atom. The number of hydrogen-bond donors (Lipinski definition) is 1. The van der Waals surface area contributed by atoms with Crippen LogP contribution < -0.4 is 5.32 Å². The maximum absolute atomic E-state index is 13.1. The van der Waals surface area contributed by atoms with E-state index in [4.69, 9.17) is 0 Å². The van der Waals surface area contributed by atoms with Crippen molar-refractivity contribution in [2.24, 2.45) is 11.3 Å². The van der Waals surface area contributed by atoms with Crippen molar-refractivity contribution in [3.63, 3.8) is 0 Å². The van der Waals surface area contributed by atoms with Gasteiger partial charge >= 0.3 is 6.03 Å². The van der Waals surface area contributed by atoms with Crippen LogP contribution in [0.15, 0.2) is 30.3 Å². The van der Waals surface area contributed by atoms with Crippen LogP contribution in [0.2, 0.25) is 0 Å². The minimum atomic E-state index is -0.493. The number of benzene rings is 1. The summed E-state index contributed by atoms with van der Waals surface area (Å²) in [5.41, 5.74) is 0.765. The molecule has 3 amide bonds. The third kappa shape index (κ3) is 3.56. The fourth-order valence-corrected chi connectivity index (χ4v) is 4.37. The highest BCUT2D eigenvalue weighted by atomic mass is 16.2. The van der Waals surface area contributed by atoms with Crippen molar-refractivity contribution in [3.8, 4) is 0 Å². The van der Waals surface area contributed by atoms with Crippen LogP contribution in [-0.4, -0.2) is 73.0 Å². The lowest BCUT2D eigenvalue weighted by atomic mass is 9.80. The fourth-order valence-electron chi connectivity index (χ4n) is 4.37. The Balaban J connectivity index is 1.76. The van der Waals surface area contributed by atoms with E-state index in [9.17, 15) is 9.59 Å². The second-order valence-electron chi connectivity index (χ2n) is 8.19. The number of carbonyl (C=O) groups excluding carboxylic acids is 2. The summed E-state index contributed by atoms with van der Waals surface area (Å²) >= 11 is 0. The maximum Gasteiger partial charge on any atom is 0.317 e. The van der Waals surface area contributed by atoms with Crippen molar-refractivity contribution in [3.05, 3.63) is 35.9 Å². The van der Waals surface area contributed by atoms with E-state index in [-0.39, 0.29) is 23.9 Å². The molecule has 0 aromatic heterocycles. The Morgan fingerprint density at radius 2 is 1.88 bits per heavy atom. The van der Waals surface area contributed by atoms with Gasteiger partial charge in [0.2, 0.25) is 5.91 Å². The number of likely N-dealkylation sites (tertiary alicyclic amines) is 2. The van der Waals surface area contributed by atoms with Gasteiger partial charge in [-0.25, -0.2) is 4.79 Å². The lowest BCUT2D eigenvalue weighted by Gasteiger charge is -2.31. The average molecular weight is 358 g/mol. The van der Waals surface area contributed by atoms with Crippen LogP contribution in [0.3, 0.4) is 0 Å². The third-order valence-corrected chi connectivity index (χ3v) is 5.46. The molecular formula is C20H30N4O2. The van der Waals surface area contributed by atoms with Gasteiger partial charge in [-0.3, -0.25) is 9.69 Å². The molecule has 0 spiro atoms. The molecule has 0 saturated carbocycles. The first-order chi connectivity index (χ1) is 12.3. The van der Waals surface area contributed by atoms with E-state index in [1.165, 1.54) is 5.56 Å². The number of urea groups is 1. The summed E-state index contributed by atoms with van der Waals surface area (Å²) in [6, 6.07) is 10.4. The second-order valence-corrected chi connectivity index (χ2v) is 8.19. The molecule has 1 N–H and O–H groups in total. The predicted octanol–water partition coefficient (Wildman–Crippen LogP) is 1.63. The van der Waals surface area contributed by atoms with Gasteiger partial charge in [0.25, 0.3) is 0 Å². The molecule has 6 nitrogen and oxygen atoms in total. The van der Waals surface area contributed by atoms with Gasteiger partial charge in [-0.1, -0.05) is 30.3 Å². The monoisotopic (exact) mass is 358 g/mol. The van der Waals surface area contributed by atoms with Crippen LogP contribution in [-0.2, 0) is 11.3 Å². The topological polar surface area (TPSA) is 55.9 Å². The van der Waals surface area contributed by atoms with Gasteiger partial charge in [-0.2, -0.15) is 0 Å². The second kappa shape index (κ2) is 7.27. The molecule has 26 heavy (non-hydrogen) atoms. The molecular weight excluding hydrogens is 328 g/mol. The summed E-state index contributed by atoms with van der Waals surface area (Å²) in [5, 5.41) is 2.96. The summed E-state index contributed by atoms with van der Waals surface area (Å²) in [6.45, 7) is 7.45. The van der Waals surface area contributed by atoms with Crippen molar-refractivity contribution in [2.45, 2.75) is 26.4 Å². The summed E-state index contributed by atoms with van der Waals surface area (Å²) in [4.78, 5) is 31.4. The van der Waals surface area contributed by atoms with E-state index in [1.54, 1.807) is 4.90 Å². The Kier molecular flexibility index (Phi) is 5.23. The van der Waals surface area contributed by atoms with E-state index in [2.05, 4.69) is 22.3 Å². The van der Waals surface area contributed by atoms with Crippen LogP contribution >= 0.6 is 0 Å². The highest BCUT2D eigenvalue weighted by Gasteiger charge is 2.58. The number of fused-ring (bicyclic) bond motifs is 1. The lowest BCUT2D eigenvalue weighted by Crippen LogP contribution is -2.49. The number of hydrogen-bond acceptors (Lipinski definition) is 3. The van der Waals surface area contributed by atoms with E-state index in [0.29, 0.717) is 19.6 Å². The van der Waals surface area contributed by atoms with Crippen molar-refractivity contribution in [2.75, 3.05) is 40.3 Å². The van der Waals surface area contributed by atoms with Crippen LogP contribution in [0.4, 0.5) is 4.79 Å². The summed E-state index contributed by atoms with van der Waals surface area (Å²) in [7, 11) is 3.62. The number of nitrogens with zero attached hydrogens (tertiary/aromatic N) is 3. The molecule has 2 aliphatic rings. The zero-order valence-electron chi connectivity index (χ0n) is 16.2. The molecule has 0 aliphatic carbocycles. The van der Waals surface area contributed by atoms with Gasteiger partial charge in [-0.05, 0) is 19.4 Å². The summed E-state index contributed by atoms with van der Waals surface area (Å²) in [5.74, 6) is 0.317.